The fraction of sp³-hybridized carbons (Fsp3) is 0.286. The Kier molecular flexibility index (Phi) is 3.04. The van der Waals surface area contributed by atoms with E-state index >= 15 is 0 Å². The quantitative estimate of drug-likeness (QED) is 0.732. The molecule has 0 saturated carbocycles. The molecule has 2 aromatic rings. The molecular formula is C14H13ClN2S. The van der Waals surface area contributed by atoms with Crippen LogP contribution in [0.4, 0.5) is 0 Å². The van der Waals surface area contributed by atoms with Gasteiger partial charge in [0.2, 0.25) is 0 Å². The van der Waals surface area contributed by atoms with Crippen LogP contribution < -0.4 is 0 Å². The van der Waals surface area contributed by atoms with Gasteiger partial charge in [-0.3, -0.25) is 0 Å². The molecule has 2 heterocycles. The second-order valence-corrected chi connectivity index (χ2v) is 5.90. The average molecular weight is 277 g/mol. The number of aryl methyl sites for hydroxylation is 2. The van der Waals surface area contributed by atoms with Crippen LogP contribution in [0, 0.1) is 13.8 Å². The van der Waals surface area contributed by atoms with E-state index in [9.17, 15) is 0 Å². The van der Waals surface area contributed by atoms with E-state index in [1.54, 1.807) is 0 Å². The van der Waals surface area contributed by atoms with Crippen molar-refractivity contribution in [1.82, 2.24) is 9.97 Å². The lowest BCUT2D eigenvalue weighted by molar-refractivity contribution is 1.07. The Hall–Kier alpha value is -1.06. The smallest absolute Gasteiger partial charge is 0.161 e. The number of rotatable bonds is 1. The molecule has 92 valence electrons. The molecule has 0 radical (unpaired) electrons. The first-order valence-electron chi connectivity index (χ1n) is 5.86. The molecule has 0 amide bonds. The van der Waals surface area contributed by atoms with Crippen LogP contribution in [-0.4, -0.2) is 9.97 Å². The lowest BCUT2D eigenvalue weighted by atomic mass is 10.1. The zero-order valence-corrected chi connectivity index (χ0v) is 11.9. The average Bonchev–Trinajstić information content (AvgIpc) is 2.81. The topological polar surface area (TPSA) is 25.8 Å². The summed E-state index contributed by atoms with van der Waals surface area (Å²) in [5.74, 6) is 2.61. The van der Waals surface area contributed by atoms with Gasteiger partial charge in [-0.15, -0.1) is 0 Å². The summed E-state index contributed by atoms with van der Waals surface area (Å²) < 4.78 is 0. The fourth-order valence-electron chi connectivity index (χ4n) is 2.02. The van der Waals surface area contributed by atoms with E-state index in [1.165, 1.54) is 11.1 Å². The first kappa shape index (κ1) is 12.0. The van der Waals surface area contributed by atoms with Crippen molar-refractivity contribution in [2.45, 2.75) is 25.4 Å². The third kappa shape index (κ3) is 2.02. The van der Waals surface area contributed by atoms with E-state index in [1.807, 2.05) is 11.8 Å². The Balaban J connectivity index is 2.12. The molecule has 0 aliphatic carbocycles. The zero-order valence-electron chi connectivity index (χ0n) is 10.3. The highest BCUT2D eigenvalue weighted by atomic mass is 35.5. The molecule has 0 saturated heterocycles. The summed E-state index contributed by atoms with van der Waals surface area (Å²) >= 11 is 8.07. The van der Waals surface area contributed by atoms with Crippen molar-refractivity contribution in [2.75, 3.05) is 0 Å². The standard InChI is InChI=1S/C14H13ClN2S/c1-8-3-4-10(5-9(8)2)14-16-12-7-18-6-11(12)13(15)17-14/h3-5H,6-7H2,1-2H3. The van der Waals surface area contributed by atoms with Crippen LogP contribution >= 0.6 is 23.4 Å². The van der Waals surface area contributed by atoms with Gasteiger partial charge in [0.25, 0.3) is 0 Å². The molecule has 1 aliphatic heterocycles. The molecule has 0 N–H and O–H groups in total. The number of hydrogen-bond acceptors (Lipinski definition) is 3. The molecule has 1 aliphatic rings. The van der Waals surface area contributed by atoms with Gasteiger partial charge in [0.15, 0.2) is 5.82 Å². The number of fused-ring (bicyclic) bond motifs is 1. The van der Waals surface area contributed by atoms with Crippen LogP contribution in [0.2, 0.25) is 5.15 Å². The Morgan fingerprint density at radius 2 is 1.94 bits per heavy atom. The molecule has 3 rings (SSSR count). The Labute approximate surface area is 116 Å². The van der Waals surface area contributed by atoms with E-state index < -0.39 is 0 Å². The fourth-order valence-corrected chi connectivity index (χ4v) is 3.40. The van der Waals surface area contributed by atoms with Crippen LogP contribution in [0.3, 0.4) is 0 Å². The molecule has 1 aromatic carbocycles. The predicted molar refractivity (Wildman–Crippen MR) is 77.0 cm³/mol. The number of nitrogens with zero attached hydrogens (tertiary/aromatic N) is 2. The highest BCUT2D eigenvalue weighted by molar-refractivity contribution is 7.98. The maximum Gasteiger partial charge on any atom is 0.161 e. The summed E-state index contributed by atoms with van der Waals surface area (Å²) in [6, 6.07) is 6.28. The number of hydrogen-bond donors (Lipinski definition) is 0. The second-order valence-electron chi connectivity index (χ2n) is 4.56. The molecule has 0 spiro atoms. The van der Waals surface area contributed by atoms with E-state index in [0.717, 1.165) is 34.2 Å². The highest BCUT2D eigenvalue weighted by Crippen LogP contribution is 2.34. The van der Waals surface area contributed by atoms with Gasteiger partial charge in [0.05, 0.1) is 5.69 Å². The monoisotopic (exact) mass is 276 g/mol. The van der Waals surface area contributed by atoms with E-state index in [2.05, 4.69) is 42.0 Å². The molecule has 18 heavy (non-hydrogen) atoms. The summed E-state index contributed by atoms with van der Waals surface area (Å²) in [6.07, 6.45) is 0. The molecule has 1 aromatic heterocycles. The van der Waals surface area contributed by atoms with Crippen molar-refractivity contribution in [1.29, 1.82) is 0 Å². The lowest BCUT2D eigenvalue weighted by Gasteiger charge is -2.07. The van der Waals surface area contributed by atoms with Crippen molar-refractivity contribution in [2.24, 2.45) is 0 Å². The van der Waals surface area contributed by atoms with Gasteiger partial charge in [-0.05, 0) is 31.0 Å². The molecule has 0 bridgehead atoms. The normalized spacial score (nSPS) is 13.7. The molecule has 0 atom stereocenters. The molecular weight excluding hydrogens is 264 g/mol. The van der Waals surface area contributed by atoms with Gasteiger partial charge in [-0.2, -0.15) is 11.8 Å². The largest absolute Gasteiger partial charge is 0.232 e. The third-order valence-corrected chi connectivity index (χ3v) is 4.58. The third-order valence-electron chi connectivity index (χ3n) is 3.29. The van der Waals surface area contributed by atoms with E-state index in [-0.39, 0.29) is 0 Å². The van der Waals surface area contributed by atoms with E-state index in [0.29, 0.717) is 5.15 Å². The summed E-state index contributed by atoms with van der Waals surface area (Å²) in [5.41, 5.74) is 5.77. The predicted octanol–water partition coefficient (Wildman–Crippen LogP) is 4.16. The minimum atomic E-state index is 0.609. The van der Waals surface area contributed by atoms with Crippen molar-refractivity contribution in [3.63, 3.8) is 0 Å². The van der Waals surface area contributed by atoms with Crippen molar-refractivity contribution in [3.05, 3.63) is 45.7 Å². The Morgan fingerprint density at radius 1 is 1.11 bits per heavy atom. The van der Waals surface area contributed by atoms with Crippen LogP contribution in [0.25, 0.3) is 11.4 Å². The Morgan fingerprint density at radius 3 is 2.72 bits per heavy atom. The summed E-state index contributed by atoms with van der Waals surface area (Å²) in [5, 5.41) is 0.609. The van der Waals surface area contributed by atoms with Crippen molar-refractivity contribution in [3.8, 4) is 11.4 Å². The number of aromatic nitrogens is 2. The van der Waals surface area contributed by atoms with Gasteiger partial charge in [-0.1, -0.05) is 23.7 Å². The lowest BCUT2D eigenvalue weighted by Crippen LogP contribution is -1.97. The number of thioether (sulfide) groups is 1. The van der Waals surface area contributed by atoms with Gasteiger partial charge >= 0.3 is 0 Å². The first-order valence-corrected chi connectivity index (χ1v) is 7.39. The zero-order chi connectivity index (χ0) is 12.7. The summed E-state index contributed by atoms with van der Waals surface area (Å²) in [6.45, 7) is 4.20. The van der Waals surface area contributed by atoms with Gasteiger partial charge in [-0.25, -0.2) is 9.97 Å². The SMILES string of the molecule is Cc1ccc(-c2nc(Cl)c3c(n2)CSC3)cc1C. The molecule has 4 heteroatoms. The van der Waals surface area contributed by atoms with Crippen LogP contribution in [0.5, 0.6) is 0 Å². The number of benzene rings is 1. The van der Waals surface area contributed by atoms with Gasteiger partial charge < -0.3 is 0 Å². The van der Waals surface area contributed by atoms with Crippen LogP contribution in [0.15, 0.2) is 18.2 Å². The van der Waals surface area contributed by atoms with Crippen molar-refractivity contribution >= 4 is 23.4 Å². The highest BCUT2D eigenvalue weighted by Gasteiger charge is 2.19. The van der Waals surface area contributed by atoms with Crippen molar-refractivity contribution < 1.29 is 0 Å². The summed E-state index contributed by atoms with van der Waals surface area (Å²) in [7, 11) is 0. The number of halogens is 1. The molecule has 2 nitrogen and oxygen atoms in total. The molecule has 0 fully saturated rings. The minimum Gasteiger partial charge on any atom is -0.232 e. The Bertz CT molecular complexity index is 625. The molecule has 0 unspecified atom stereocenters. The van der Waals surface area contributed by atoms with Crippen LogP contribution in [0.1, 0.15) is 22.4 Å². The van der Waals surface area contributed by atoms with Gasteiger partial charge in [0, 0.05) is 22.6 Å². The second kappa shape index (κ2) is 4.56. The maximum atomic E-state index is 6.23. The first-order chi connectivity index (χ1) is 8.65. The van der Waals surface area contributed by atoms with E-state index in [4.69, 9.17) is 11.6 Å². The maximum absolute atomic E-state index is 6.23. The minimum absolute atomic E-state index is 0.609. The van der Waals surface area contributed by atoms with Crippen LogP contribution in [-0.2, 0) is 11.5 Å². The van der Waals surface area contributed by atoms with Gasteiger partial charge in [0.1, 0.15) is 5.15 Å². The summed E-state index contributed by atoms with van der Waals surface area (Å²) in [4.78, 5) is 9.07.